The number of carbonyl (C=O) groups excluding carboxylic acids is 1. The molecule has 1 aromatic heterocycles. The second-order valence-electron chi connectivity index (χ2n) is 8.26. The van der Waals surface area contributed by atoms with Crippen LogP contribution in [0.4, 0.5) is 0 Å². The van der Waals surface area contributed by atoms with E-state index in [9.17, 15) is 9.90 Å². The highest BCUT2D eigenvalue weighted by atomic mass is 35.5. The van der Waals surface area contributed by atoms with Crippen molar-refractivity contribution in [1.29, 1.82) is 0 Å². The van der Waals surface area contributed by atoms with E-state index in [-0.39, 0.29) is 11.7 Å². The van der Waals surface area contributed by atoms with Crippen LogP contribution in [0.1, 0.15) is 54.3 Å². The number of halogens is 1. The largest absolute Gasteiger partial charge is 0.507 e. The number of nitrogens with zero attached hydrogens (tertiary/aromatic N) is 2. The fourth-order valence-electron chi connectivity index (χ4n) is 4.28. The number of aromatic hydroxyl groups is 1. The standard InChI is InChI=1S/C26H30ClN3O5/c1-4-6-12-35-20-10-7-16(14-21(20)34-5-2)25-22-23(18-15-17(27)8-9-19(18)31)28-29-24(22)26(32)30(25)11-13-33-3/h7-10,14-15,25,31H,4-6,11-13H2,1-3H3,(H,28,29). The third-order valence-corrected chi connectivity index (χ3v) is 6.19. The number of amides is 1. The lowest BCUT2D eigenvalue weighted by Crippen LogP contribution is -2.32. The van der Waals surface area contributed by atoms with Crippen LogP contribution < -0.4 is 9.47 Å². The quantitative estimate of drug-likeness (QED) is 0.352. The zero-order valence-electron chi connectivity index (χ0n) is 20.1. The van der Waals surface area contributed by atoms with Crippen molar-refractivity contribution < 1.29 is 24.1 Å². The van der Waals surface area contributed by atoms with E-state index in [1.165, 1.54) is 6.07 Å². The van der Waals surface area contributed by atoms with E-state index >= 15 is 0 Å². The Morgan fingerprint density at radius 2 is 1.94 bits per heavy atom. The van der Waals surface area contributed by atoms with Crippen LogP contribution in [-0.4, -0.2) is 59.6 Å². The number of rotatable bonds is 11. The van der Waals surface area contributed by atoms with Gasteiger partial charge in [-0.2, -0.15) is 5.10 Å². The summed E-state index contributed by atoms with van der Waals surface area (Å²) in [6, 6.07) is 10.0. The second kappa shape index (κ2) is 11.0. The number of benzene rings is 2. The number of ether oxygens (including phenoxy) is 3. The van der Waals surface area contributed by atoms with Crippen molar-refractivity contribution in [3.63, 3.8) is 0 Å². The highest BCUT2D eigenvalue weighted by Gasteiger charge is 2.42. The molecule has 1 atom stereocenters. The van der Waals surface area contributed by atoms with Crippen molar-refractivity contribution in [3.8, 4) is 28.5 Å². The Bertz CT molecular complexity index is 1200. The van der Waals surface area contributed by atoms with Crippen molar-refractivity contribution in [3.05, 3.63) is 58.2 Å². The monoisotopic (exact) mass is 499 g/mol. The van der Waals surface area contributed by atoms with Crippen LogP contribution >= 0.6 is 11.6 Å². The molecule has 0 bridgehead atoms. The Morgan fingerprint density at radius 3 is 2.69 bits per heavy atom. The van der Waals surface area contributed by atoms with E-state index in [0.29, 0.717) is 65.4 Å². The summed E-state index contributed by atoms with van der Waals surface area (Å²) in [6.07, 6.45) is 1.98. The summed E-state index contributed by atoms with van der Waals surface area (Å²) in [5.74, 6) is 1.12. The molecule has 0 saturated carbocycles. The van der Waals surface area contributed by atoms with Gasteiger partial charge in [0.2, 0.25) is 0 Å². The lowest BCUT2D eigenvalue weighted by molar-refractivity contribution is 0.0677. The molecule has 3 aromatic rings. The van der Waals surface area contributed by atoms with E-state index in [0.717, 1.165) is 18.4 Å². The van der Waals surface area contributed by atoms with Crippen molar-refractivity contribution in [2.75, 3.05) is 33.5 Å². The van der Waals surface area contributed by atoms with Gasteiger partial charge in [-0.1, -0.05) is 31.0 Å². The number of methoxy groups -OCH3 is 1. The molecule has 0 saturated heterocycles. The van der Waals surface area contributed by atoms with Gasteiger partial charge in [0.25, 0.3) is 5.91 Å². The van der Waals surface area contributed by atoms with E-state index in [1.54, 1.807) is 24.1 Å². The van der Waals surface area contributed by atoms with Crippen LogP contribution in [0.15, 0.2) is 36.4 Å². The summed E-state index contributed by atoms with van der Waals surface area (Å²) in [5.41, 5.74) is 2.81. The van der Waals surface area contributed by atoms with Gasteiger partial charge in [-0.25, -0.2) is 0 Å². The lowest BCUT2D eigenvalue weighted by Gasteiger charge is -2.27. The van der Waals surface area contributed by atoms with Crippen LogP contribution in [-0.2, 0) is 4.74 Å². The number of fused-ring (bicyclic) bond motifs is 1. The fourth-order valence-corrected chi connectivity index (χ4v) is 4.45. The third-order valence-electron chi connectivity index (χ3n) is 5.95. The molecule has 1 amide bonds. The number of carbonyl (C=O) groups is 1. The van der Waals surface area contributed by atoms with Crippen LogP contribution in [0, 0.1) is 0 Å². The summed E-state index contributed by atoms with van der Waals surface area (Å²) in [6.45, 7) is 5.85. The zero-order valence-corrected chi connectivity index (χ0v) is 20.9. The maximum Gasteiger partial charge on any atom is 0.273 e. The molecule has 1 aliphatic rings. The minimum absolute atomic E-state index is 0.0277. The maximum atomic E-state index is 13.4. The van der Waals surface area contributed by atoms with Crippen LogP contribution in [0.25, 0.3) is 11.3 Å². The molecule has 186 valence electrons. The Kier molecular flexibility index (Phi) is 7.83. The van der Waals surface area contributed by atoms with Crippen LogP contribution in [0.5, 0.6) is 17.2 Å². The van der Waals surface area contributed by atoms with Gasteiger partial charge in [-0.05, 0) is 49.2 Å². The first-order valence-electron chi connectivity index (χ1n) is 11.8. The molecule has 0 radical (unpaired) electrons. The number of hydrogen-bond acceptors (Lipinski definition) is 6. The first kappa shape index (κ1) is 24.9. The van der Waals surface area contributed by atoms with Crippen molar-refractivity contribution in [2.24, 2.45) is 0 Å². The van der Waals surface area contributed by atoms with E-state index in [2.05, 4.69) is 17.1 Å². The number of nitrogens with one attached hydrogen (secondary N) is 1. The summed E-state index contributed by atoms with van der Waals surface area (Å²) in [5, 5.41) is 18.3. The summed E-state index contributed by atoms with van der Waals surface area (Å²) < 4.78 is 17.1. The normalized spacial score (nSPS) is 14.9. The number of hydrogen-bond donors (Lipinski definition) is 2. The van der Waals surface area contributed by atoms with Crippen LogP contribution in [0.2, 0.25) is 5.02 Å². The number of H-pyrrole nitrogens is 1. The van der Waals surface area contributed by atoms with E-state index < -0.39 is 6.04 Å². The molecule has 9 heteroatoms. The molecule has 2 N–H and O–H groups in total. The molecule has 0 aliphatic carbocycles. The van der Waals surface area contributed by atoms with Gasteiger partial charge in [0.1, 0.15) is 17.1 Å². The predicted octanol–water partition coefficient (Wildman–Crippen LogP) is 5.20. The first-order chi connectivity index (χ1) is 17.0. The summed E-state index contributed by atoms with van der Waals surface area (Å²) in [4.78, 5) is 15.1. The highest BCUT2D eigenvalue weighted by molar-refractivity contribution is 6.31. The number of unbranched alkanes of at least 4 members (excludes halogenated alkanes) is 1. The van der Waals surface area contributed by atoms with Gasteiger partial charge in [0.05, 0.1) is 25.9 Å². The number of phenols is 1. The first-order valence-corrected chi connectivity index (χ1v) is 12.1. The minimum atomic E-state index is -0.469. The summed E-state index contributed by atoms with van der Waals surface area (Å²) >= 11 is 6.22. The molecule has 35 heavy (non-hydrogen) atoms. The summed E-state index contributed by atoms with van der Waals surface area (Å²) in [7, 11) is 1.60. The van der Waals surface area contributed by atoms with Gasteiger partial charge >= 0.3 is 0 Å². The maximum absolute atomic E-state index is 13.4. The van der Waals surface area contributed by atoms with Gasteiger partial charge in [-0.15, -0.1) is 0 Å². The Balaban J connectivity index is 1.82. The SMILES string of the molecule is CCCCOc1ccc(C2c3c(-c4cc(Cl)ccc4O)n[nH]c3C(=O)N2CCOC)cc1OCC. The lowest BCUT2D eigenvalue weighted by atomic mass is 9.95. The van der Waals surface area contributed by atoms with Gasteiger partial charge in [-0.3, -0.25) is 9.89 Å². The van der Waals surface area contributed by atoms with Crippen molar-refractivity contribution in [2.45, 2.75) is 32.7 Å². The predicted molar refractivity (Wildman–Crippen MR) is 133 cm³/mol. The molecular weight excluding hydrogens is 470 g/mol. The average molecular weight is 500 g/mol. The molecule has 4 rings (SSSR count). The second-order valence-corrected chi connectivity index (χ2v) is 8.69. The molecule has 0 spiro atoms. The molecule has 1 aliphatic heterocycles. The molecule has 1 unspecified atom stereocenters. The molecular formula is C26H30ClN3O5. The Labute approximate surface area is 209 Å². The van der Waals surface area contributed by atoms with E-state index in [1.807, 2.05) is 25.1 Å². The zero-order chi connectivity index (χ0) is 24.9. The van der Waals surface area contributed by atoms with Crippen molar-refractivity contribution >= 4 is 17.5 Å². The molecule has 2 heterocycles. The topological polar surface area (TPSA) is 96.9 Å². The number of aromatic amines is 1. The average Bonchev–Trinajstić information content (AvgIpc) is 3.39. The van der Waals surface area contributed by atoms with E-state index in [4.69, 9.17) is 25.8 Å². The molecule has 2 aromatic carbocycles. The van der Waals surface area contributed by atoms with Crippen LogP contribution in [0.3, 0.4) is 0 Å². The fraction of sp³-hybridized carbons (Fsp3) is 0.385. The molecule has 0 fully saturated rings. The Hall–Kier alpha value is -3.23. The Morgan fingerprint density at radius 1 is 1.11 bits per heavy atom. The smallest absolute Gasteiger partial charge is 0.273 e. The van der Waals surface area contributed by atoms with Crippen molar-refractivity contribution in [1.82, 2.24) is 15.1 Å². The highest BCUT2D eigenvalue weighted by Crippen LogP contribution is 2.46. The number of aromatic nitrogens is 2. The third kappa shape index (κ3) is 4.94. The van der Waals surface area contributed by atoms with Gasteiger partial charge < -0.3 is 24.2 Å². The minimum Gasteiger partial charge on any atom is -0.507 e. The van der Waals surface area contributed by atoms with Gasteiger partial charge in [0.15, 0.2) is 11.5 Å². The molecule has 8 nitrogen and oxygen atoms in total. The van der Waals surface area contributed by atoms with Gasteiger partial charge in [0, 0.05) is 29.8 Å². The number of phenolic OH excluding ortho intramolecular Hbond substituents is 1.